The molecule has 1 aromatic heterocycles. The van der Waals surface area contributed by atoms with Crippen molar-refractivity contribution >= 4 is 11.5 Å². The minimum Gasteiger partial charge on any atom is -0.380 e. The maximum atomic E-state index is 9.22. The van der Waals surface area contributed by atoms with Crippen molar-refractivity contribution < 1.29 is 4.74 Å². The summed E-state index contributed by atoms with van der Waals surface area (Å²) in [5.41, 5.74) is 3.63. The van der Waals surface area contributed by atoms with Gasteiger partial charge in [-0.15, -0.1) is 0 Å². The van der Waals surface area contributed by atoms with Gasteiger partial charge in [-0.25, -0.2) is 9.97 Å². The molecular formula is C29H45N7O. The molecule has 8 heteroatoms. The van der Waals surface area contributed by atoms with Crippen molar-refractivity contribution in [1.29, 1.82) is 5.26 Å². The second kappa shape index (κ2) is 13.2. The summed E-state index contributed by atoms with van der Waals surface area (Å²) in [5, 5.41) is 16.2. The summed E-state index contributed by atoms with van der Waals surface area (Å²) < 4.78 is 5.50. The van der Waals surface area contributed by atoms with Crippen LogP contribution in [-0.4, -0.2) is 73.9 Å². The molecule has 0 amide bonds. The lowest BCUT2D eigenvalue weighted by atomic mass is 9.84. The molecule has 0 saturated carbocycles. The Morgan fingerprint density at radius 3 is 2.35 bits per heavy atom. The number of nitrogens with zero attached hydrogens (tertiary/aromatic N) is 5. The molecule has 2 aromatic rings. The van der Waals surface area contributed by atoms with E-state index >= 15 is 0 Å². The second-order valence-corrected chi connectivity index (χ2v) is 11.7. The van der Waals surface area contributed by atoms with Gasteiger partial charge < -0.3 is 20.3 Å². The maximum absolute atomic E-state index is 9.22. The smallest absolute Gasteiger partial charge is 0.234 e. The molecule has 2 N–H and O–H groups in total. The van der Waals surface area contributed by atoms with Gasteiger partial charge in [0, 0.05) is 81.8 Å². The van der Waals surface area contributed by atoms with Gasteiger partial charge in [0.05, 0.1) is 6.61 Å². The third-order valence-corrected chi connectivity index (χ3v) is 6.78. The van der Waals surface area contributed by atoms with Crippen LogP contribution in [-0.2, 0) is 16.7 Å². The van der Waals surface area contributed by atoms with E-state index in [1.54, 1.807) is 6.20 Å². The Hall–Kier alpha value is -2.73. The zero-order valence-electron chi connectivity index (χ0n) is 23.6. The average Bonchev–Trinajstić information content (AvgIpc) is 2.88. The number of anilines is 2. The topological polar surface area (TPSA) is 89.3 Å². The third-order valence-electron chi connectivity index (χ3n) is 6.78. The van der Waals surface area contributed by atoms with E-state index in [-0.39, 0.29) is 16.7 Å². The molecule has 0 atom stereocenters. The molecule has 37 heavy (non-hydrogen) atoms. The Kier molecular flexibility index (Phi) is 10.3. The van der Waals surface area contributed by atoms with E-state index in [1.807, 2.05) is 13.0 Å². The van der Waals surface area contributed by atoms with Gasteiger partial charge in [-0.1, -0.05) is 46.8 Å². The zero-order valence-corrected chi connectivity index (χ0v) is 23.6. The lowest BCUT2D eigenvalue weighted by molar-refractivity contribution is 0.111. The van der Waals surface area contributed by atoms with Gasteiger partial charge in [0.15, 0.2) is 0 Å². The van der Waals surface area contributed by atoms with E-state index in [0.29, 0.717) is 6.54 Å². The van der Waals surface area contributed by atoms with Gasteiger partial charge in [0.2, 0.25) is 5.82 Å². The molecule has 0 aliphatic carbocycles. The lowest BCUT2D eigenvalue weighted by Crippen LogP contribution is -2.47. The van der Waals surface area contributed by atoms with Gasteiger partial charge in [-0.3, -0.25) is 4.90 Å². The number of ether oxygens (including phenoxy) is 1. The monoisotopic (exact) mass is 507 g/mol. The second-order valence-electron chi connectivity index (χ2n) is 11.7. The molecule has 8 nitrogen and oxygen atoms in total. The fourth-order valence-electron chi connectivity index (χ4n) is 4.39. The van der Waals surface area contributed by atoms with E-state index in [0.717, 1.165) is 70.4 Å². The van der Waals surface area contributed by atoms with Crippen LogP contribution < -0.4 is 15.5 Å². The normalized spacial score (nSPS) is 15.0. The Bertz CT molecular complexity index is 1020. The SMILES string of the molecule is CCOCCN1CCN(c2ccc(C(C)(C)CNCc3cnc(C#N)nc3NCC(C)(C)C)cc2)CC1. The summed E-state index contributed by atoms with van der Waals surface area (Å²) in [7, 11) is 0. The largest absolute Gasteiger partial charge is 0.380 e. The molecule has 3 rings (SSSR count). The van der Waals surface area contributed by atoms with Crippen molar-refractivity contribution in [2.45, 2.75) is 53.5 Å². The molecule has 202 valence electrons. The van der Waals surface area contributed by atoms with Crippen molar-refractivity contribution in [3.05, 3.63) is 47.4 Å². The van der Waals surface area contributed by atoms with E-state index < -0.39 is 0 Å². The van der Waals surface area contributed by atoms with E-state index in [9.17, 15) is 5.26 Å². The number of benzene rings is 1. The van der Waals surface area contributed by atoms with Crippen LogP contribution in [0.15, 0.2) is 30.5 Å². The van der Waals surface area contributed by atoms with E-state index in [1.165, 1.54) is 11.3 Å². The van der Waals surface area contributed by atoms with Gasteiger partial charge >= 0.3 is 0 Å². The van der Waals surface area contributed by atoms with Crippen molar-refractivity contribution in [2.75, 3.05) is 69.2 Å². The number of nitrogens with one attached hydrogen (secondary N) is 2. The molecule has 1 aliphatic heterocycles. The fourth-order valence-corrected chi connectivity index (χ4v) is 4.39. The highest BCUT2D eigenvalue weighted by molar-refractivity contribution is 5.49. The maximum Gasteiger partial charge on any atom is 0.234 e. The van der Waals surface area contributed by atoms with Crippen LogP contribution in [0.2, 0.25) is 0 Å². The molecule has 1 saturated heterocycles. The van der Waals surface area contributed by atoms with Gasteiger partial charge in [-0.05, 0) is 30.0 Å². The first-order valence-electron chi connectivity index (χ1n) is 13.5. The third kappa shape index (κ3) is 8.96. The van der Waals surface area contributed by atoms with Crippen molar-refractivity contribution in [2.24, 2.45) is 5.41 Å². The molecule has 0 bridgehead atoms. The molecule has 1 fully saturated rings. The van der Waals surface area contributed by atoms with Crippen LogP contribution in [0.3, 0.4) is 0 Å². The first-order chi connectivity index (χ1) is 17.6. The fraction of sp³-hybridized carbons (Fsp3) is 0.621. The molecular weight excluding hydrogens is 462 g/mol. The highest BCUT2D eigenvalue weighted by atomic mass is 16.5. The zero-order chi connectivity index (χ0) is 26.9. The number of nitriles is 1. The number of piperazine rings is 1. The van der Waals surface area contributed by atoms with Gasteiger partial charge in [0.25, 0.3) is 0 Å². The highest BCUT2D eigenvalue weighted by Gasteiger charge is 2.22. The molecule has 0 spiro atoms. The van der Waals surface area contributed by atoms with Crippen LogP contribution in [0.5, 0.6) is 0 Å². The number of hydrogen-bond donors (Lipinski definition) is 2. The van der Waals surface area contributed by atoms with Crippen LogP contribution in [0.4, 0.5) is 11.5 Å². The molecule has 2 heterocycles. The standard InChI is InChI=1S/C29H45N7O/c1-7-37-17-16-35-12-14-36(15-13-35)25-10-8-24(9-11-25)29(5,6)22-31-19-23-20-32-26(18-30)34-27(23)33-21-28(2,3)4/h8-11,20,31H,7,12-17,19,21-22H2,1-6H3,(H,32,33,34). The first-order valence-corrected chi connectivity index (χ1v) is 13.5. The minimum absolute atomic E-state index is 0.0387. The van der Waals surface area contributed by atoms with Crippen LogP contribution in [0.1, 0.15) is 58.5 Å². The van der Waals surface area contributed by atoms with Crippen molar-refractivity contribution in [1.82, 2.24) is 20.2 Å². The van der Waals surface area contributed by atoms with Crippen molar-refractivity contribution in [3.63, 3.8) is 0 Å². The van der Waals surface area contributed by atoms with Crippen LogP contribution in [0, 0.1) is 16.7 Å². The lowest BCUT2D eigenvalue weighted by Gasteiger charge is -2.36. The van der Waals surface area contributed by atoms with Gasteiger partial charge in [0.1, 0.15) is 11.9 Å². The Balaban J connectivity index is 1.54. The number of rotatable bonds is 12. The molecule has 1 aliphatic rings. The average molecular weight is 508 g/mol. The predicted molar refractivity (Wildman–Crippen MR) is 151 cm³/mol. The number of hydrogen-bond acceptors (Lipinski definition) is 8. The van der Waals surface area contributed by atoms with E-state index in [2.05, 4.69) is 89.3 Å². The summed E-state index contributed by atoms with van der Waals surface area (Å²) in [6, 6.07) is 11.1. The highest BCUT2D eigenvalue weighted by Crippen LogP contribution is 2.26. The molecule has 1 aromatic carbocycles. The van der Waals surface area contributed by atoms with Crippen molar-refractivity contribution in [3.8, 4) is 6.07 Å². The Labute approximate surface area is 223 Å². The van der Waals surface area contributed by atoms with Gasteiger partial charge in [-0.2, -0.15) is 5.26 Å². The first kappa shape index (κ1) is 28.8. The Morgan fingerprint density at radius 2 is 1.73 bits per heavy atom. The van der Waals surface area contributed by atoms with Crippen LogP contribution >= 0.6 is 0 Å². The predicted octanol–water partition coefficient (Wildman–Crippen LogP) is 4.03. The minimum atomic E-state index is -0.0387. The summed E-state index contributed by atoms with van der Waals surface area (Å²) >= 11 is 0. The van der Waals surface area contributed by atoms with Crippen LogP contribution in [0.25, 0.3) is 0 Å². The number of aromatic nitrogens is 2. The molecule has 0 unspecified atom stereocenters. The quantitative estimate of drug-likeness (QED) is 0.416. The molecule has 0 radical (unpaired) electrons. The van der Waals surface area contributed by atoms with E-state index in [4.69, 9.17) is 4.74 Å². The summed E-state index contributed by atoms with van der Waals surface area (Å²) in [4.78, 5) is 13.6. The summed E-state index contributed by atoms with van der Waals surface area (Å²) in [5.74, 6) is 0.918. The Morgan fingerprint density at radius 1 is 1.03 bits per heavy atom. The summed E-state index contributed by atoms with van der Waals surface area (Å²) in [6.45, 7) is 22.2. The summed E-state index contributed by atoms with van der Waals surface area (Å²) in [6.07, 6.45) is 1.75.